The smallest absolute Gasteiger partial charge is 0.269 e. The number of para-hydroxylation sites is 3. The van der Waals surface area contributed by atoms with Crippen LogP contribution in [0.5, 0.6) is 11.5 Å². The molecule has 4 aromatic heterocycles. The normalized spacial score (nSPS) is 20.7. The molecular weight excluding hydrogens is 1060 g/mol. The van der Waals surface area contributed by atoms with Gasteiger partial charge in [-0.15, -0.1) is 23.1 Å². The summed E-state index contributed by atoms with van der Waals surface area (Å²) in [5.41, 5.74) is -6.08. The summed E-state index contributed by atoms with van der Waals surface area (Å²) in [6.07, 6.45) is -4.09. The van der Waals surface area contributed by atoms with Crippen LogP contribution >= 0.6 is 0 Å². The summed E-state index contributed by atoms with van der Waals surface area (Å²) in [5.74, 6) is -1.72. The fourth-order valence-corrected chi connectivity index (χ4v) is 10.0. The van der Waals surface area contributed by atoms with Crippen molar-refractivity contribution < 1.29 is 59.2 Å². The van der Waals surface area contributed by atoms with Gasteiger partial charge in [-0.25, -0.2) is 4.98 Å². The summed E-state index contributed by atoms with van der Waals surface area (Å²) in [6.45, 7) is -10.9. The summed E-state index contributed by atoms with van der Waals surface area (Å²) in [5, 5.41) is 1.30. The number of fused-ring (bicyclic) bond motifs is 11. The van der Waals surface area contributed by atoms with E-state index in [1.807, 2.05) is 99.6 Å². The van der Waals surface area contributed by atoms with E-state index in [0.29, 0.717) is 55.4 Å². The summed E-state index contributed by atoms with van der Waals surface area (Å²) in [6, 6.07) is 41.9. The van der Waals surface area contributed by atoms with E-state index in [0.717, 1.165) is 15.7 Å². The first-order valence-corrected chi connectivity index (χ1v) is 22.9. The maximum absolute atomic E-state index is 9.80. The molecule has 1 aliphatic carbocycles. The number of imidazole rings is 1. The van der Waals surface area contributed by atoms with Gasteiger partial charge in [-0.1, -0.05) is 199 Å². The van der Waals surface area contributed by atoms with Crippen molar-refractivity contribution in [3.63, 3.8) is 0 Å². The van der Waals surface area contributed by atoms with E-state index in [1.165, 1.54) is 10.6 Å². The largest absolute Gasteiger partial charge is 0.521 e. The minimum Gasteiger partial charge on any atom is -0.521 e. The quantitative estimate of drug-likeness (QED) is 0.127. The summed E-state index contributed by atoms with van der Waals surface area (Å²) < 4.78 is 206. The molecule has 0 bridgehead atoms. The average molecular weight is 1140 g/mol. The molecule has 7 aromatic carbocycles. The maximum Gasteiger partial charge on any atom is 0.269 e. The molecule has 0 unspecified atom stereocenters. The van der Waals surface area contributed by atoms with Gasteiger partial charge in [0.2, 0.25) is 0 Å². The standard InChI is InChI=1S/C65H53N5O.Pt/c1-63(2,3)42-33-36-66-57(37-42)70-53-29-16-15-25-49(53)50-32-31-43(38-55(50)70)71-56-39-58(67-62-59(56)64(4,5)34-35-65(62,6)7)68-40-69-60-44(41-19-9-8-10-20-41)26-17-27-51(60)47-23-13-11-21-45(47)46-22-12-14-24-48(46)52-28-18-30-54(68)61(52)69;/h8-33,36-37H,34-35H2,1-7H3;/q-2;/i4D3,5D3,6D3,7D3,8D,9D,10D,19D,20D,34D2,35D2;. The second-order valence-electron chi connectivity index (χ2n) is 18.8. The Kier molecular flexibility index (Phi) is 6.55. The van der Waals surface area contributed by atoms with Gasteiger partial charge < -0.3 is 9.30 Å². The van der Waals surface area contributed by atoms with Crippen LogP contribution in [0.4, 0.5) is 0 Å². The molecule has 356 valence electrons. The Morgan fingerprint density at radius 2 is 1.32 bits per heavy atom. The fraction of sp³-hybridized carbons (Fsp3) is 0.185. The number of rotatable bonds is 5. The Morgan fingerprint density at radius 1 is 0.681 bits per heavy atom. The molecule has 11 aromatic rings. The van der Waals surface area contributed by atoms with Crippen LogP contribution in [0.15, 0.2) is 170 Å². The zero-order valence-corrected chi connectivity index (χ0v) is 41.0. The van der Waals surface area contributed by atoms with Gasteiger partial charge in [0.05, 0.1) is 29.4 Å². The van der Waals surface area contributed by atoms with Gasteiger partial charge in [-0.2, -0.15) is 12.1 Å². The van der Waals surface area contributed by atoms with Crippen molar-refractivity contribution in [1.29, 1.82) is 0 Å². The van der Waals surface area contributed by atoms with E-state index in [2.05, 4.69) is 18.5 Å². The van der Waals surface area contributed by atoms with Crippen molar-refractivity contribution in [1.82, 2.24) is 19.1 Å². The maximum atomic E-state index is 9.80. The first kappa shape index (κ1) is 28.0. The molecule has 0 saturated carbocycles. The molecule has 0 fully saturated rings. The number of nitrogens with zero attached hydrogens (tertiary/aromatic N) is 5. The second-order valence-corrected chi connectivity index (χ2v) is 18.8. The molecule has 0 spiro atoms. The van der Waals surface area contributed by atoms with Crippen LogP contribution in [0.3, 0.4) is 0 Å². The molecule has 1 aliphatic heterocycles. The molecule has 0 saturated heterocycles. The molecule has 72 heavy (non-hydrogen) atoms. The van der Waals surface area contributed by atoms with Crippen LogP contribution < -0.4 is 9.30 Å². The van der Waals surface area contributed by atoms with Gasteiger partial charge in [0.25, 0.3) is 6.33 Å². The second kappa shape index (κ2) is 16.9. The van der Waals surface area contributed by atoms with Crippen LogP contribution in [0, 0.1) is 18.5 Å². The minimum absolute atomic E-state index is 0. The topological polar surface area (TPSA) is 48.8 Å². The Hall–Kier alpha value is -7.40. The van der Waals surface area contributed by atoms with E-state index >= 15 is 0 Å². The fourth-order valence-electron chi connectivity index (χ4n) is 10.0. The molecule has 6 nitrogen and oxygen atoms in total. The van der Waals surface area contributed by atoms with Gasteiger partial charge in [0, 0.05) is 60.5 Å². The van der Waals surface area contributed by atoms with Gasteiger partial charge in [-0.3, -0.25) is 14.1 Å². The van der Waals surface area contributed by atoms with Crippen molar-refractivity contribution in [2.24, 2.45) is 0 Å². The van der Waals surface area contributed by atoms with E-state index in [1.54, 1.807) is 59.3 Å². The molecule has 0 radical (unpaired) electrons. The molecule has 2 aliphatic rings. The van der Waals surface area contributed by atoms with Crippen LogP contribution in [0.25, 0.3) is 94.7 Å². The Balaban J connectivity index is 0.00000832. The summed E-state index contributed by atoms with van der Waals surface area (Å²) >= 11 is 0. The Bertz CT molecular complexity index is 4880. The molecule has 0 amide bonds. The van der Waals surface area contributed by atoms with Crippen LogP contribution in [0.2, 0.25) is 0 Å². The zero-order valence-electron chi connectivity index (χ0n) is 59.7. The van der Waals surface area contributed by atoms with Crippen molar-refractivity contribution in [2.75, 3.05) is 0 Å². The van der Waals surface area contributed by atoms with Gasteiger partial charge in [0.1, 0.15) is 5.82 Å². The molecule has 0 N–H and O–H groups in total. The van der Waals surface area contributed by atoms with Crippen molar-refractivity contribution in [3.05, 3.63) is 205 Å². The van der Waals surface area contributed by atoms with E-state index < -0.39 is 104 Å². The predicted molar refractivity (Wildman–Crippen MR) is 287 cm³/mol. The number of hydrogen-bond acceptors (Lipinski definition) is 3. The van der Waals surface area contributed by atoms with E-state index in [-0.39, 0.29) is 60.1 Å². The monoisotopic (exact) mass is 1140 g/mol. The molecule has 7 heteroatoms. The number of pyridine rings is 2. The van der Waals surface area contributed by atoms with Crippen LogP contribution in [0.1, 0.15) is 107 Å². The Labute approximate surface area is 465 Å². The molecular formula is C65H53N5OPt-2. The number of hydrogen-bond donors (Lipinski definition) is 0. The third kappa shape index (κ3) is 7.20. The van der Waals surface area contributed by atoms with E-state index in [4.69, 9.17) is 18.8 Å². The number of aromatic nitrogens is 5. The zero-order chi connectivity index (χ0) is 66.3. The SMILES string of the molecule is [2H]c1c([2H])c([2H])c(-c2cccc3c2-[n+]2[c-]n(-c4[c-]c(Oc5[c-]c6c(cc5)c5ccccc5n6-c5cc(C(C)(C)C)ccn5)c5c(n4)C(C([2H])([2H])[2H])(C([2H])([2H])[2H])C([2H])([2H])C([2H])([2H])C5(C([2H])([2H])[2H])C([2H])([2H])[2H])c4cccc(c42)-c2ccccc2-c2ccccc2-3)c([2H])c1[2H].[Pt]. The van der Waals surface area contributed by atoms with Crippen molar-refractivity contribution in [2.45, 2.75) is 77.2 Å². The first-order chi connectivity index (χ1) is 43.0. The van der Waals surface area contributed by atoms with Crippen LogP contribution in [-0.2, 0) is 37.3 Å². The average Bonchev–Trinajstić information content (AvgIpc) is 1.14. The number of benzene rings is 7. The van der Waals surface area contributed by atoms with Crippen molar-refractivity contribution >= 4 is 32.8 Å². The van der Waals surface area contributed by atoms with Crippen molar-refractivity contribution in [3.8, 4) is 73.3 Å². The third-order valence-electron chi connectivity index (χ3n) is 13.3. The van der Waals surface area contributed by atoms with Gasteiger partial charge in [0.15, 0.2) is 0 Å². The Morgan fingerprint density at radius 3 is 2.07 bits per heavy atom. The third-order valence-corrected chi connectivity index (χ3v) is 13.3. The summed E-state index contributed by atoms with van der Waals surface area (Å²) in [4.78, 5) is 9.46. The van der Waals surface area contributed by atoms with Gasteiger partial charge in [-0.05, 0) is 102 Å². The predicted octanol–water partition coefficient (Wildman–Crippen LogP) is 15.6. The summed E-state index contributed by atoms with van der Waals surface area (Å²) in [7, 11) is 0. The van der Waals surface area contributed by atoms with E-state index in [9.17, 15) is 24.7 Å². The first-order valence-electron chi connectivity index (χ1n) is 33.4. The van der Waals surface area contributed by atoms with Crippen LogP contribution in [-0.4, -0.2) is 19.1 Å². The molecule has 13 rings (SSSR count). The number of ether oxygens (including phenoxy) is 1. The molecule has 5 heterocycles. The minimum atomic E-state index is -4.52. The molecule has 0 atom stereocenters. The van der Waals surface area contributed by atoms with Gasteiger partial charge >= 0.3 is 0 Å².